The minimum Gasteiger partial charge on any atom is -0.349 e. The summed E-state index contributed by atoms with van der Waals surface area (Å²) in [6.45, 7) is 6.18. The monoisotopic (exact) mass is 470 g/mol. The summed E-state index contributed by atoms with van der Waals surface area (Å²) in [6.07, 6.45) is 4.02. The Morgan fingerprint density at radius 3 is 2.40 bits per heavy atom. The highest BCUT2D eigenvalue weighted by Crippen LogP contribution is 2.25. The minimum atomic E-state index is -0.841. The van der Waals surface area contributed by atoms with Crippen molar-refractivity contribution in [1.82, 2.24) is 30.2 Å². The molecule has 4 rings (SSSR count). The largest absolute Gasteiger partial charge is 0.349 e. The smallest absolute Gasteiger partial charge is 0.247 e. The van der Waals surface area contributed by atoms with E-state index >= 15 is 0 Å². The van der Waals surface area contributed by atoms with Crippen LogP contribution in [0.4, 0.5) is 0 Å². The van der Waals surface area contributed by atoms with Gasteiger partial charge in [0.2, 0.25) is 11.8 Å². The maximum Gasteiger partial charge on any atom is 0.247 e. The number of fused-ring (bicyclic) bond motifs is 1. The highest BCUT2D eigenvalue weighted by Gasteiger charge is 2.34. The van der Waals surface area contributed by atoms with Gasteiger partial charge in [0.05, 0.1) is 5.52 Å². The van der Waals surface area contributed by atoms with E-state index in [4.69, 9.17) is 0 Å². The van der Waals surface area contributed by atoms with Gasteiger partial charge in [-0.3, -0.25) is 14.6 Å². The lowest BCUT2D eigenvalue weighted by atomic mass is 9.98. The van der Waals surface area contributed by atoms with E-state index in [9.17, 15) is 9.59 Å². The molecular formula is C27H30N6O2. The minimum absolute atomic E-state index is 0.0423. The van der Waals surface area contributed by atoms with E-state index in [1.807, 2.05) is 75.4 Å². The Labute approximate surface area is 205 Å². The first kappa shape index (κ1) is 24.1. The second-order valence-corrected chi connectivity index (χ2v) is 9.15. The summed E-state index contributed by atoms with van der Waals surface area (Å²) in [5.74, 6) is -0.480. The predicted molar refractivity (Wildman–Crippen MR) is 134 cm³/mol. The van der Waals surface area contributed by atoms with Crippen molar-refractivity contribution in [1.29, 1.82) is 0 Å². The number of carbonyl (C=O) groups excluding carboxylic acids is 2. The van der Waals surface area contributed by atoms with Gasteiger partial charge in [0.1, 0.15) is 18.1 Å². The zero-order chi connectivity index (χ0) is 24.8. The van der Waals surface area contributed by atoms with Crippen molar-refractivity contribution in [2.75, 3.05) is 0 Å². The molecule has 0 spiro atoms. The number of aromatic nitrogens is 4. The summed E-state index contributed by atoms with van der Waals surface area (Å²) in [4.78, 5) is 33.3. The van der Waals surface area contributed by atoms with Gasteiger partial charge in [0.15, 0.2) is 0 Å². The molecule has 0 saturated heterocycles. The molecule has 0 aliphatic rings. The maximum absolute atomic E-state index is 13.9. The van der Waals surface area contributed by atoms with E-state index in [-0.39, 0.29) is 24.9 Å². The molecule has 35 heavy (non-hydrogen) atoms. The number of nitrogens with zero attached hydrogens (tertiary/aromatic N) is 5. The van der Waals surface area contributed by atoms with Crippen molar-refractivity contribution in [2.45, 2.75) is 51.9 Å². The topological polar surface area (TPSA) is 93.0 Å². The standard InChI is InChI=1S/C27H30N6O2/c1-4-27(2,3)29-26(35)25(21-14-16-28-17-15-21)32(18-20-10-6-5-7-11-20)24(34)19-33-23-13-9-8-12-22(23)30-31-33/h5-17,25H,4,18-19H2,1-3H3,(H,29,35). The van der Waals surface area contributed by atoms with Crippen molar-refractivity contribution in [3.8, 4) is 0 Å². The van der Waals surface area contributed by atoms with Crippen molar-refractivity contribution < 1.29 is 9.59 Å². The summed E-state index contributed by atoms with van der Waals surface area (Å²) in [7, 11) is 0. The number of hydrogen-bond donors (Lipinski definition) is 1. The molecule has 0 radical (unpaired) electrons. The molecule has 2 aromatic carbocycles. The molecule has 0 aliphatic carbocycles. The SMILES string of the molecule is CCC(C)(C)NC(=O)C(c1ccncc1)N(Cc1ccccc1)C(=O)Cn1nnc2ccccc21. The number of carbonyl (C=O) groups is 2. The highest BCUT2D eigenvalue weighted by atomic mass is 16.2. The van der Waals surface area contributed by atoms with Gasteiger partial charge >= 0.3 is 0 Å². The number of amides is 2. The lowest BCUT2D eigenvalue weighted by Crippen LogP contribution is -2.50. The van der Waals surface area contributed by atoms with Gasteiger partial charge < -0.3 is 10.2 Å². The van der Waals surface area contributed by atoms with Gasteiger partial charge in [-0.2, -0.15) is 0 Å². The molecule has 1 N–H and O–H groups in total. The molecule has 4 aromatic rings. The lowest BCUT2D eigenvalue weighted by molar-refractivity contribution is -0.143. The van der Waals surface area contributed by atoms with Crippen LogP contribution in [0.1, 0.15) is 44.4 Å². The van der Waals surface area contributed by atoms with Crippen LogP contribution in [0.5, 0.6) is 0 Å². The van der Waals surface area contributed by atoms with Gasteiger partial charge in [-0.1, -0.05) is 54.6 Å². The van der Waals surface area contributed by atoms with Crippen molar-refractivity contribution in [3.05, 3.63) is 90.3 Å². The van der Waals surface area contributed by atoms with E-state index in [0.717, 1.165) is 17.5 Å². The molecule has 8 heteroatoms. The van der Waals surface area contributed by atoms with E-state index in [1.54, 1.807) is 34.1 Å². The fourth-order valence-electron chi connectivity index (χ4n) is 3.87. The second kappa shape index (κ2) is 10.5. The normalized spacial score (nSPS) is 12.3. The average Bonchev–Trinajstić information content (AvgIpc) is 3.27. The molecule has 0 aliphatic heterocycles. The van der Waals surface area contributed by atoms with Crippen LogP contribution in [-0.4, -0.2) is 42.2 Å². The number of hydrogen-bond acceptors (Lipinski definition) is 5. The Morgan fingerprint density at radius 2 is 1.69 bits per heavy atom. The van der Waals surface area contributed by atoms with Crippen LogP contribution in [0.2, 0.25) is 0 Å². The van der Waals surface area contributed by atoms with Crippen LogP contribution >= 0.6 is 0 Å². The summed E-state index contributed by atoms with van der Waals surface area (Å²) < 4.78 is 1.58. The first-order valence-corrected chi connectivity index (χ1v) is 11.7. The molecule has 1 unspecified atom stereocenters. The van der Waals surface area contributed by atoms with E-state index in [2.05, 4.69) is 20.6 Å². The van der Waals surface area contributed by atoms with E-state index in [1.165, 1.54) is 0 Å². The van der Waals surface area contributed by atoms with Gasteiger partial charge in [-0.15, -0.1) is 5.10 Å². The van der Waals surface area contributed by atoms with Gasteiger partial charge in [-0.05, 0) is 55.7 Å². The van der Waals surface area contributed by atoms with E-state index in [0.29, 0.717) is 11.1 Å². The van der Waals surface area contributed by atoms with Crippen molar-refractivity contribution in [3.63, 3.8) is 0 Å². The van der Waals surface area contributed by atoms with Crippen LogP contribution in [0.3, 0.4) is 0 Å². The molecule has 2 aromatic heterocycles. The Hall–Kier alpha value is -4.07. The Balaban J connectivity index is 1.74. The van der Waals surface area contributed by atoms with Gasteiger partial charge in [0, 0.05) is 24.5 Å². The molecule has 2 heterocycles. The Bertz CT molecular complexity index is 1290. The highest BCUT2D eigenvalue weighted by molar-refractivity contribution is 5.89. The molecule has 0 saturated carbocycles. The average molecular weight is 471 g/mol. The molecule has 2 amide bonds. The number of para-hydroxylation sites is 1. The third kappa shape index (κ3) is 5.71. The zero-order valence-corrected chi connectivity index (χ0v) is 20.3. The second-order valence-electron chi connectivity index (χ2n) is 9.15. The molecule has 0 fully saturated rings. The number of pyridine rings is 1. The lowest BCUT2D eigenvalue weighted by Gasteiger charge is -2.34. The molecule has 180 valence electrons. The number of rotatable bonds is 9. The third-order valence-electron chi connectivity index (χ3n) is 6.15. The fraction of sp³-hybridized carbons (Fsp3) is 0.296. The molecule has 0 bridgehead atoms. The molecule has 8 nitrogen and oxygen atoms in total. The van der Waals surface area contributed by atoms with Gasteiger partial charge in [0.25, 0.3) is 0 Å². The van der Waals surface area contributed by atoms with Crippen molar-refractivity contribution >= 4 is 22.8 Å². The summed E-state index contributed by atoms with van der Waals surface area (Å²) in [5.41, 5.74) is 2.66. The third-order valence-corrected chi connectivity index (χ3v) is 6.15. The van der Waals surface area contributed by atoms with Gasteiger partial charge in [-0.25, -0.2) is 4.68 Å². The number of nitrogens with one attached hydrogen (secondary N) is 1. The first-order chi connectivity index (χ1) is 16.9. The van der Waals surface area contributed by atoms with Crippen LogP contribution in [0.25, 0.3) is 11.0 Å². The summed E-state index contributed by atoms with van der Waals surface area (Å²) in [6, 6.07) is 19.9. The molecule has 1 atom stereocenters. The fourth-order valence-corrected chi connectivity index (χ4v) is 3.87. The van der Waals surface area contributed by atoms with Crippen LogP contribution in [0, 0.1) is 0 Å². The Kier molecular flexibility index (Phi) is 7.19. The van der Waals surface area contributed by atoms with Crippen LogP contribution in [0.15, 0.2) is 79.1 Å². The van der Waals surface area contributed by atoms with E-state index < -0.39 is 11.6 Å². The number of benzene rings is 2. The predicted octanol–water partition coefficient (Wildman–Crippen LogP) is 3.90. The van der Waals surface area contributed by atoms with Crippen molar-refractivity contribution in [2.24, 2.45) is 0 Å². The van der Waals surface area contributed by atoms with Crippen LogP contribution in [-0.2, 0) is 22.7 Å². The first-order valence-electron chi connectivity index (χ1n) is 11.7. The maximum atomic E-state index is 13.9. The Morgan fingerprint density at radius 1 is 1.00 bits per heavy atom. The summed E-state index contributed by atoms with van der Waals surface area (Å²) >= 11 is 0. The van der Waals surface area contributed by atoms with Crippen LogP contribution < -0.4 is 5.32 Å². The summed E-state index contributed by atoms with van der Waals surface area (Å²) in [5, 5.41) is 11.5. The quantitative estimate of drug-likeness (QED) is 0.400. The zero-order valence-electron chi connectivity index (χ0n) is 20.3. The molecular weight excluding hydrogens is 440 g/mol.